The Balaban J connectivity index is 0.00000176. The molecule has 0 amide bonds. The Morgan fingerprint density at radius 1 is 1.14 bits per heavy atom. The molecule has 1 aliphatic rings. The van der Waals surface area contributed by atoms with Gasteiger partial charge in [0.05, 0.1) is 4.47 Å². The number of nitrogens with zero attached hydrogens (tertiary/aromatic N) is 1. The van der Waals surface area contributed by atoms with E-state index in [9.17, 15) is 4.39 Å². The monoisotopic (exact) mass is 384 g/mol. The van der Waals surface area contributed by atoms with Crippen molar-refractivity contribution >= 4 is 28.3 Å². The van der Waals surface area contributed by atoms with E-state index < -0.39 is 0 Å². The fraction of sp³-hybridized carbons (Fsp3) is 0.294. The van der Waals surface area contributed by atoms with Crippen molar-refractivity contribution in [1.82, 2.24) is 4.90 Å². The molecule has 1 saturated heterocycles. The third-order valence-electron chi connectivity index (χ3n) is 4.06. The van der Waals surface area contributed by atoms with E-state index in [2.05, 4.69) is 45.1 Å². The maximum Gasteiger partial charge on any atom is 0.137 e. The minimum Gasteiger partial charge on any atom is -0.326 e. The first-order chi connectivity index (χ1) is 10.1. The fourth-order valence-corrected chi connectivity index (χ4v) is 3.42. The highest BCUT2D eigenvalue weighted by molar-refractivity contribution is 9.10. The van der Waals surface area contributed by atoms with E-state index in [-0.39, 0.29) is 24.3 Å². The summed E-state index contributed by atoms with van der Waals surface area (Å²) in [6.07, 6.45) is 0. The molecule has 5 heteroatoms. The highest BCUT2D eigenvalue weighted by atomic mass is 79.9. The maximum atomic E-state index is 13.3. The summed E-state index contributed by atoms with van der Waals surface area (Å²) in [5, 5.41) is 0. The minimum atomic E-state index is -0.223. The SMILES string of the molecule is Cl.N[C@@H]1CN(Cc2ccc(F)c(Br)c2)C[C@H]1c1ccccc1. The van der Waals surface area contributed by atoms with Crippen LogP contribution in [0, 0.1) is 5.82 Å². The average Bonchev–Trinajstić information content (AvgIpc) is 2.84. The molecule has 3 rings (SSSR count). The Morgan fingerprint density at radius 3 is 2.55 bits per heavy atom. The molecule has 0 bridgehead atoms. The molecule has 2 atom stereocenters. The number of rotatable bonds is 3. The van der Waals surface area contributed by atoms with Crippen LogP contribution in [-0.4, -0.2) is 24.0 Å². The molecule has 118 valence electrons. The molecule has 2 nitrogen and oxygen atoms in total. The molecule has 0 spiro atoms. The number of nitrogens with two attached hydrogens (primary N) is 1. The zero-order chi connectivity index (χ0) is 14.8. The van der Waals surface area contributed by atoms with Gasteiger partial charge in [0.2, 0.25) is 0 Å². The number of likely N-dealkylation sites (tertiary alicyclic amines) is 1. The number of benzene rings is 2. The molecule has 0 aromatic heterocycles. The van der Waals surface area contributed by atoms with Crippen LogP contribution >= 0.6 is 28.3 Å². The van der Waals surface area contributed by atoms with E-state index in [1.54, 1.807) is 0 Å². The van der Waals surface area contributed by atoms with Crippen molar-refractivity contribution in [1.29, 1.82) is 0 Å². The van der Waals surface area contributed by atoms with Gasteiger partial charge in [-0.3, -0.25) is 4.90 Å². The van der Waals surface area contributed by atoms with Gasteiger partial charge in [0.1, 0.15) is 5.82 Å². The maximum absolute atomic E-state index is 13.3. The molecule has 2 aromatic carbocycles. The molecule has 1 fully saturated rings. The lowest BCUT2D eigenvalue weighted by Gasteiger charge is -2.16. The summed E-state index contributed by atoms with van der Waals surface area (Å²) < 4.78 is 13.8. The molecule has 22 heavy (non-hydrogen) atoms. The second kappa shape index (κ2) is 7.55. The van der Waals surface area contributed by atoms with Crippen LogP contribution < -0.4 is 5.73 Å². The van der Waals surface area contributed by atoms with Gasteiger partial charge < -0.3 is 5.73 Å². The van der Waals surface area contributed by atoms with E-state index in [0.717, 1.165) is 25.2 Å². The highest BCUT2D eigenvalue weighted by Crippen LogP contribution is 2.28. The van der Waals surface area contributed by atoms with Crippen LogP contribution in [0.1, 0.15) is 17.0 Å². The van der Waals surface area contributed by atoms with Crippen molar-refractivity contribution in [3.8, 4) is 0 Å². The molecule has 2 aromatic rings. The van der Waals surface area contributed by atoms with Crippen LogP contribution in [0.25, 0.3) is 0 Å². The van der Waals surface area contributed by atoms with Crippen LogP contribution in [0.15, 0.2) is 53.0 Å². The molecule has 2 N–H and O–H groups in total. The van der Waals surface area contributed by atoms with Gasteiger partial charge in [-0.25, -0.2) is 4.39 Å². The van der Waals surface area contributed by atoms with Crippen molar-refractivity contribution in [2.24, 2.45) is 5.73 Å². The molecule has 1 heterocycles. The highest BCUT2D eigenvalue weighted by Gasteiger charge is 2.30. The largest absolute Gasteiger partial charge is 0.326 e. The van der Waals surface area contributed by atoms with Gasteiger partial charge in [-0.15, -0.1) is 12.4 Å². The van der Waals surface area contributed by atoms with Gasteiger partial charge in [-0.2, -0.15) is 0 Å². The molecule has 0 unspecified atom stereocenters. The Morgan fingerprint density at radius 2 is 1.86 bits per heavy atom. The molecular weight excluding hydrogens is 367 g/mol. The standard InChI is InChI=1S/C17H18BrFN2.ClH/c18-15-8-12(6-7-16(15)19)9-21-10-14(17(20)11-21)13-4-2-1-3-5-13;/h1-8,14,17H,9-11,20H2;1H/t14-,17+;/m0./s1. The number of hydrogen-bond donors (Lipinski definition) is 1. The van der Waals surface area contributed by atoms with Crippen LogP contribution in [0.4, 0.5) is 4.39 Å². The van der Waals surface area contributed by atoms with Crippen LogP contribution in [0.2, 0.25) is 0 Å². The zero-order valence-corrected chi connectivity index (χ0v) is 14.5. The number of halogens is 3. The van der Waals surface area contributed by atoms with Gasteiger partial charge in [0.15, 0.2) is 0 Å². The fourth-order valence-electron chi connectivity index (χ4n) is 2.99. The molecule has 0 saturated carbocycles. The van der Waals surface area contributed by atoms with Gasteiger partial charge in [0, 0.05) is 31.6 Å². The summed E-state index contributed by atoms with van der Waals surface area (Å²) in [5.41, 5.74) is 8.70. The first-order valence-corrected chi connectivity index (χ1v) is 7.89. The molecule has 0 aliphatic carbocycles. The lowest BCUT2D eigenvalue weighted by Crippen LogP contribution is -2.28. The van der Waals surface area contributed by atoms with E-state index in [4.69, 9.17) is 5.73 Å². The topological polar surface area (TPSA) is 29.3 Å². The van der Waals surface area contributed by atoms with Crippen LogP contribution in [0.3, 0.4) is 0 Å². The zero-order valence-electron chi connectivity index (χ0n) is 12.1. The third-order valence-corrected chi connectivity index (χ3v) is 4.67. The second-order valence-electron chi connectivity index (χ2n) is 5.62. The molecule has 0 radical (unpaired) electrons. The Labute approximate surface area is 145 Å². The average molecular weight is 386 g/mol. The summed E-state index contributed by atoms with van der Waals surface area (Å²) in [4.78, 5) is 2.34. The van der Waals surface area contributed by atoms with Crippen molar-refractivity contribution in [2.45, 2.75) is 18.5 Å². The predicted molar refractivity (Wildman–Crippen MR) is 93.8 cm³/mol. The Bertz CT molecular complexity index is 623. The Kier molecular flexibility index (Phi) is 5.98. The van der Waals surface area contributed by atoms with E-state index in [0.29, 0.717) is 10.4 Å². The van der Waals surface area contributed by atoms with E-state index >= 15 is 0 Å². The lowest BCUT2D eigenvalue weighted by molar-refractivity contribution is 0.323. The second-order valence-corrected chi connectivity index (χ2v) is 6.48. The van der Waals surface area contributed by atoms with E-state index in [1.807, 2.05) is 18.2 Å². The first kappa shape index (κ1) is 17.4. The molecular formula is C17H19BrClFN2. The van der Waals surface area contributed by atoms with Crippen LogP contribution in [-0.2, 0) is 6.54 Å². The lowest BCUT2D eigenvalue weighted by atomic mass is 9.95. The predicted octanol–water partition coefficient (Wildman–Crippen LogP) is 3.94. The summed E-state index contributed by atoms with van der Waals surface area (Å²) in [7, 11) is 0. The summed E-state index contributed by atoms with van der Waals surface area (Å²) >= 11 is 3.24. The summed E-state index contributed by atoms with van der Waals surface area (Å²) in [6, 6.07) is 15.8. The van der Waals surface area contributed by atoms with Gasteiger partial charge in [0.25, 0.3) is 0 Å². The minimum absolute atomic E-state index is 0. The van der Waals surface area contributed by atoms with Gasteiger partial charge in [-0.05, 0) is 39.2 Å². The van der Waals surface area contributed by atoms with Crippen LogP contribution in [0.5, 0.6) is 0 Å². The first-order valence-electron chi connectivity index (χ1n) is 7.10. The van der Waals surface area contributed by atoms with Crippen molar-refractivity contribution in [3.63, 3.8) is 0 Å². The van der Waals surface area contributed by atoms with E-state index in [1.165, 1.54) is 11.6 Å². The summed E-state index contributed by atoms with van der Waals surface area (Å²) in [6.45, 7) is 2.62. The van der Waals surface area contributed by atoms with Crippen molar-refractivity contribution in [3.05, 3.63) is 69.9 Å². The number of hydrogen-bond acceptors (Lipinski definition) is 2. The third kappa shape index (κ3) is 3.87. The quantitative estimate of drug-likeness (QED) is 0.867. The molecule has 1 aliphatic heterocycles. The Hall–Kier alpha value is -0.940. The normalized spacial score (nSPS) is 21.6. The van der Waals surface area contributed by atoms with Crippen molar-refractivity contribution in [2.75, 3.05) is 13.1 Å². The summed E-state index contributed by atoms with van der Waals surface area (Å²) in [5.74, 6) is 0.147. The van der Waals surface area contributed by atoms with Gasteiger partial charge in [-0.1, -0.05) is 36.4 Å². The smallest absolute Gasteiger partial charge is 0.137 e. The van der Waals surface area contributed by atoms with Crippen molar-refractivity contribution < 1.29 is 4.39 Å². The van der Waals surface area contributed by atoms with Gasteiger partial charge >= 0.3 is 0 Å².